The molecule has 142 valence electrons. The van der Waals surface area contributed by atoms with E-state index in [9.17, 15) is 9.90 Å². The molecule has 0 unspecified atom stereocenters. The first-order valence-electron chi connectivity index (χ1n) is 8.70. The fourth-order valence-corrected chi connectivity index (χ4v) is 2.88. The number of carboxylic acids is 1. The Balaban J connectivity index is 1.59. The number of fused-ring (bicyclic) bond motifs is 1. The normalized spacial score (nSPS) is 12.3. The SMILES string of the molecule is Cc1nc(Nc2ccc3c(c2)OCCO3)cc(Nc2ccccc2C(=O)O)n1. The maximum absolute atomic E-state index is 11.4. The van der Waals surface area contributed by atoms with Crippen molar-refractivity contribution in [2.24, 2.45) is 0 Å². The summed E-state index contributed by atoms with van der Waals surface area (Å²) in [5.74, 6) is 1.97. The highest BCUT2D eigenvalue weighted by Gasteiger charge is 2.13. The highest BCUT2D eigenvalue weighted by Crippen LogP contribution is 2.33. The number of para-hydroxylation sites is 1. The number of hydrogen-bond donors (Lipinski definition) is 3. The van der Waals surface area contributed by atoms with Crippen molar-refractivity contribution < 1.29 is 19.4 Å². The van der Waals surface area contributed by atoms with Crippen LogP contribution in [-0.2, 0) is 0 Å². The van der Waals surface area contributed by atoms with Crippen molar-refractivity contribution in [2.75, 3.05) is 23.8 Å². The van der Waals surface area contributed by atoms with E-state index in [2.05, 4.69) is 20.6 Å². The third-order valence-corrected chi connectivity index (χ3v) is 4.07. The molecule has 0 bridgehead atoms. The Bertz CT molecular complexity index is 1040. The standard InChI is InChI=1S/C20H18N4O4/c1-12-21-18(23-13-6-7-16-17(10-13)28-9-8-27-16)11-19(22-12)24-15-5-3-2-4-14(15)20(25)26/h2-7,10-11H,8-9H2,1H3,(H,25,26)(H2,21,22,23,24). The van der Waals surface area contributed by atoms with Gasteiger partial charge in [0, 0.05) is 17.8 Å². The number of nitrogens with one attached hydrogen (secondary N) is 2. The van der Waals surface area contributed by atoms with Crippen LogP contribution in [0.2, 0.25) is 0 Å². The molecule has 1 aliphatic rings. The summed E-state index contributed by atoms with van der Waals surface area (Å²) in [6.07, 6.45) is 0. The van der Waals surface area contributed by atoms with Crippen LogP contribution in [-0.4, -0.2) is 34.3 Å². The van der Waals surface area contributed by atoms with Gasteiger partial charge in [-0.2, -0.15) is 0 Å². The maximum atomic E-state index is 11.4. The van der Waals surface area contributed by atoms with Crippen molar-refractivity contribution in [1.29, 1.82) is 0 Å². The van der Waals surface area contributed by atoms with Crippen LogP contribution in [0.3, 0.4) is 0 Å². The number of rotatable bonds is 5. The van der Waals surface area contributed by atoms with Crippen LogP contribution >= 0.6 is 0 Å². The van der Waals surface area contributed by atoms with E-state index in [4.69, 9.17) is 9.47 Å². The topological polar surface area (TPSA) is 106 Å². The molecule has 8 heteroatoms. The molecule has 0 amide bonds. The first-order chi connectivity index (χ1) is 13.6. The van der Waals surface area contributed by atoms with Crippen LogP contribution in [0.4, 0.5) is 23.0 Å². The van der Waals surface area contributed by atoms with Crippen LogP contribution in [0.15, 0.2) is 48.5 Å². The van der Waals surface area contributed by atoms with Crippen LogP contribution in [0.5, 0.6) is 11.5 Å². The molecule has 0 aliphatic carbocycles. The van der Waals surface area contributed by atoms with Gasteiger partial charge in [-0.3, -0.25) is 0 Å². The second-order valence-corrected chi connectivity index (χ2v) is 6.14. The minimum Gasteiger partial charge on any atom is -0.486 e. The van der Waals surface area contributed by atoms with E-state index in [-0.39, 0.29) is 5.56 Å². The third-order valence-electron chi connectivity index (χ3n) is 4.07. The Hall–Kier alpha value is -3.81. The molecule has 4 rings (SSSR count). The molecule has 1 aliphatic heterocycles. The molecule has 28 heavy (non-hydrogen) atoms. The summed E-state index contributed by atoms with van der Waals surface area (Å²) in [5, 5.41) is 15.6. The van der Waals surface area contributed by atoms with E-state index in [1.165, 1.54) is 6.07 Å². The van der Waals surface area contributed by atoms with Crippen LogP contribution in [0.1, 0.15) is 16.2 Å². The molecule has 1 aromatic heterocycles. The fourth-order valence-electron chi connectivity index (χ4n) is 2.88. The predicted octanol–water partition coefficient (Wildman–Crippen LogP) is 3.74. The number of anilines is 4. The van der Waals surface area contributed by atoms with Gasteiger partial charge in [-0.25, -0.2) is 14.8 Å². The number of ether oxygens (including phenoxy) is 2. The van der Waals surface area contributed by atoms with E-state index in [1.54, 1.807) is 31.2 Å². The van der Waals surface area contributed by atoms with Crippen molar-refractivity contribution in [3.05, 3.63) is 59.9 Å². The minimum absolute atomic E-state index is 0.167. The van der Waals surface area contributed by atoms with Gasteiger partial charge in [0.25, 0.3) is 0 Å². The van der Waals surface area contributed by atoms with Gasteiger partial charge in [-0.05, 0) is 31.2 Å². The minimum atomic E-state index is -1.01. The van der Waals surface area contributed by atoms with Gasteiger partial charge in [-0.1, -0.05) is 12.1 Å². The number of aromatic carboxylic acids is 1. The molecule has 3 N–H and O–H groups in total. The van der Waals surface area contributed by atoms with Crippen LogP contribution in [0, 0.1) is 6.92 Å². The summed E-state index contributed by atoms with van der Waals surface area (Å²) in [6, 6.07) is 13.9. The third kappa shape index (κ3) is 3.80. The number of benzene rings is 2. The van der Waals surface area contributed by atoms with Crippen molar-refractivity contribution in [3.63, 3.8) is 0 Å². The van der Waals surface area contributed by atoms with Crippen LogP contribution in [0.25, 0.3) is 0 Å². The van der Waals surface area contributed by atoms with E-state index < -0.39 is 5.97 Å². The predicted molar refractivity (Wildman–Crippen MR) is 104 cm³/mol. The van der Waals surface area contributed by atoms with E-state index in [1.807, 2.05) is 18.2 Å². The summed E-state index contributed by atoms with van der Waals surface area (Å²) < 4.78 is 11.1. The van der Waals surface area contributed by atoms with E-state index in [0.717, 1.165) is 5.69 Å². The Morgan fingerprint density at radius 3 is 2.46 bits per heavy atom. The van der Waals surface area contributed by atoms with E-state index >= 15 is 0 Å². The van der Waals surface area contributed by atoms with Crippen molar-refractivity contribution in [3.8, 4) is 11.5 Å². The van der Waals surface area contributed by atoms with Gasteiger partial charge in [0.1, 0.15) is 30.7 Å². The lowest BCUT2D eigenvalue weighted by molar-refractivity contribution is 0.0698. The number of carbonyl (C=O) groups is 1. The second-order valence-electron chi connectivity index (χ2n) is 6.14. The first kappa shape index (κ1) is 17.6. The Morgan fingerprint density at radius 2 is 1.68 bits per heavy atom. The highest BCUT2D eigenvalue weighted by molar-refractivity contribution is 5.95. The number of aromatic nitrogens is 2. The Kier molecular flexibility index (Phi) is 4.67. The zero-order chi connectivity index (χ0) is 19.5. The molecule has 0 spiro atoms. The molecule has 2 heterocycles. The lowest BCUT2D eigenvalue weighted by Gasteiger charge is -2.19. The Morgan fingerprint density at radius 1 is 0.964 bits per heavy atom. The van der Waals surface area contributed by atoms with Crippen molar-refractivity contribution in [1.82, 2.24) is 9.97 Å². The molecule has 8 nitrogen and oxygen atoms in total. The summed E-state index contributed by atoms with van der Waals surface area (Å²) in [4.78, 5) is 20.1. The highest BCUT2D eigenvalue weighted by atomic mass is 16.6. The molecule has 0 atom stereocenters. The second kappa shape index (κ2) is 7.43. The quantitative estimate of drug-likeness (QED) is 0.617. The number of carboxylic acid groups (broad SMARTS) is 1. The largest absolute Gasteiger partial charge is 0.486 e. The summed E-state index contributed by atoms with van der Waals surface area (Å²) >= 11 is 0. The fraction of sp³-hybridized carbons (Fsp3) is 0.150. The Labute approximate surface area is 161 Å². The zero-order valence-electron chi connectivity index (χ0n) is 15.1. The molecule has 0 saturated carbocycles. The molecule has 2 aromatic carbocycles. The molecular weight excluding hydrogens is 360 g/mol. The molecule has 0 radical (unpaired) electrons. The average molecular weight is 378 g/mol. The lowest BCUT2D eigenvalue weighted by Crippen LogP contribution is -2.15. The number of nitrogens with zero attached hydrogens (tertiary/aromatic N) is 2. The van der Waals surface area contributed by atoms with Gasteiger partial charge in [0.05, 0.1) is 11.3 Å². The maximum Gasteiger partial charge on any atom is 0.337 e. The van der Waals surface area contributed by atoms with E-state index in [0.29, 0.717) is 47.9 Å². The van der Waals surface area contributed by atoms with Gasteiger partial charge < -0.3 is 25.2 Å². The van der Waals surface area contributed by atoms with Gasteiger partial charge in [-0.15, -0.1) is 0 Å². The van der Waals surface area contributed by atoms with Crippen molar-refractivity contribution >= 4 is 29.0 Å². The van der Waals surface area contributed by atoms with Crippen LogP contribution < -0.4 is 20.1 Å². The number of aryl methyl sites for hydroxylation is 1. The average Bonchev–Trinajstić information content (AvgIpc) is 2.68. The number of hydrogen-bond acceptors (Lipinski definition) is 7. The summed E-state index contributed by atoms with van der Waals surface area (Å²) in [5.41, 5.74) is 1.41. The monoisotopic (exact) mass is 378 g/mol. The lowest BCUT2D eigenvalue weighted by atomic mass is 10.2. The van der Waals surface area contributed by atoms with Gasteiger partial charge in [0.15, 0.2) is 11.5 Å². The zero-order valence-corrected chi connectivity index (χ0v) is 15.1. The first-order valence-corrected chi connectivity index (χ1v) is 8.70. The van der Waals surface area contributed by atoms with Gasteiger partial charge >= 0.3 is 5.97 Å². The molecule has 0 saturated heterocycles. The van der Waals surface area contributed by atoms with Crippen molar-refractivity contribution in [2.45, 2.75) is 6.92 Å². The molecule has 3 aromatic rings. The van der Waals surface area contributed by atoms with Gasteiger partial charge in [0.2, 0.25) is 0 Å². The smallest absolute Gasteiger partial charge is 0.337 e. The molecule has 0 fully saturated rings. The summed E-state index contributed by atoms with van der Waals surface area (Å²) in [7, 11) is 0. The summed E-state index contributed by atoms with van der Waals surface area (Å²) in [6.45, 7) is 2.82. The molecular formula is C20H18N4O4.